The van der Waals surface area contributed by atoms with E-state index in [1.54, 1.807) is 18.2 Å². The Morgan fingerprint density at radius 2 is 2.29 bits per heavy atom. The number of thiophene rings is 1. The Hall–Kier alpha value is -2.12. The monoisotopic (exact) mass is 347 g/mol. The second-order valence-electron chi connectivity index (χ2n) is 5.66. The number of nitrogens with zero attached hydrogens (tertiary/aromatic N) is 2. The van der Waals surface area contributed by atoms with Gasteiger partial charge in [0.05, 0.1) is 11.5 Å². The molecule has 2 aromatic rings. The highest BCUT2D eigenvalue weighted by Gasteiger charge is 2.21. The summed E-state index contributed by atoms with van der Waals surface area (Å²) in [5.41, 5.74) is 1.94. The molecule has 0 aliphatic carbocycles. The van der Waals surface area contributed by atoms with Crippen molar-refractivity contribution in [1.29, 1.82) is 0 Å². The molecule has 1 aliphatic rings. The molecule has 1 N–H and O–H groups in total. The number of fused-ring (bicyclic) bond motifs is 1. The minimum Gasteiger partial charge on any atom is -0.487 e. The Kier molecular flexibility index (Phi) is 5.32. The number of anilines is 1. The molecule has 6 nitrogen and oxygen atoms in total. The van der Waals surface area contributed by atoms with Gasteiger partial charge in [0.1, 0.15) is 5.69 Å². The number of nitrogens with one attached hydrogen (secondary N) is 1. The average Bonchev–Trinajstić information content (AvgIpc) is 3.03. The molecule has 128 valence electrons. The van der Waals surface area contributed by atoms with Crippen molar-refractivity contribution in [2.45, 2.75) is 19.9 Å². The van der Waals surface area contributed by atoms with E-state index in [0.29, 0.717) is 24.6 Å². The van der Waals surface area contributed by atoms with Crippen molar-refractivity contribution in [3.63, 3.8) is 0 Å². The van der Waals surface area contributed by atoms with E-state index >= 15 is 0 Å². The Labute approximate surface area is 145 Å². The number of hydrogen-bond donors (Lipinski definition) is 1. The molecule has 3 rings (SSSR count). The summed E-state index contributed by atoms with van der Waals surface area (Å²) in [4.78, 5) is 14.8. The Bertz CT molecular complexity index is 717. The number of para-hydroxylation sites is 1. The van der Waals surface area contributed by atoms with Crippen LogP contribution in [0.5, 0.6) is 5.75 Å². The molecule has 24 heavy (non-hydrogen) atoms. The molecule has 0 bridgehead atoms. The number of ether oxygens (including phenoxy) is 1. The van der Waals surface area contributed by atoms with Crippen LogP contribution in [0.4, 0.5) is 11.4 Å². The molecule has 0 radical (unpaired) electrons. The first-order valence-corrected chi connectivity index (χ1v) is 8.98. The van der Waals surface area contributed by atoms with Gasteiger partial charge in [-0.15, -0.1) is 11.3 Å². The predicted molar refractivity (Wildman–Crippen MR) is 96.1 cm³/mol. The zero-order valence-electron chi connectivity index (χ0n) is 13.7. The van der Waals surface area contributed by atoms with Crippen molar-refractivity contribution in [3.8, 4) is 5.75 Å². The minimum atomic E-state index is -0.383. The topological polar surface area (TPSA) is 67.6 Å². The van der Waals surface area contributed by atoms with Crippen molar-refractivity contribution in [2.75, 3.05) is 31.6 Å². The molecule has 0 unspecified atom stereocenters. The van der Waals surface area contributed by atoms with Gasteiger partial charge < -0.3 is 10.1 Å². The predicted octanol–water partition coefficient (Wildman–Crippen LogP) is 3.53. The van der Waals surface area contributed by atoms with Gasteiger partial charge in [0.15, 0.2) is 5.75 Å². The van der Waals surface area contributed by atoms with Crippen LogP contribution < -0.4 is 10.1 Å². The highest BCUT2D eigenvalue weighted by Crippen LogP contribution is 2.34. The minimum absolute atomic E-state index is 0.0121. The number of nitro groups is 1. The smallest absolute Gasteiger partial charge is 0.333 e. The van der Waals surface area contributed by atoms with Crippen molar-refractivity contribution in [2.24, 2.45) is 0 Å². The standard InChI is InChI=1S/C17H21N3O3S/c1-2-23-15-5-3-4-14(17(15)20(21)22)18-8-10-19-9-6-16-13(12-19)7-11-24-16/h3-5,7,11,18H,2,6,8-10,12H2,1H3. The third kappa shape index (κ3) is 3.68. The maximum Gasteiger partial charge on any atom is 0.333 e. The summed E-state index contributed by atoms with van der Waals surface area (Å²) in [6.07, 6.45) is 1.09. The molecule has 0 amide bonds. The molecule has 0 saturated heterocycles. The fourth-order valence-electron chi connectivity index (χ4n) is 2.97. The lowest BCUT2D eigenvalue weighted by atomic mass is 10.1. The first kappa shape index (κ1) is 16.7. The molecule has 0 atom stereocenters. The van der Waals surface area contributed by atoms with Crippen LogP contribution in [0.2, 0.25) is 0 Å². The summed E-state index contributed by atoms with van der Waals surface area (Å²) in [6, 6.07) is 7.33. The molecule has 7 heteroatoms. The molecular weight excluding hydrogens is 326 g/mol. The lowest BCUT2D eigenvalue weighted by Gasteiger charge is -2.26. The van der Waals surface area contributed by atoms with E-state index in [0.717, 1.165) is 26.1 Å². The zero-order chi connectivity index (χ0) is 16.9. The van der Waals surface area contributed by atoms with E-state index in [1.807, 2.05) is 18.3 Å². The summed E-state index contributed by atoms with van der Waals surface area (Å²) in [5, 5.41) is 16.7. The van der Waals surface area contributed by atoms with E-state index in [2.05, 4.69) is 21.7 Å². The molecular formula is C17H21N3O3S. The van der Waals surface area contributed by atoms with Gasteiger partial charge in [-0.3, -0.25) is 15.0 Å². The van der Waals surface area contributed by atoms with Crippen LogP contribution in [0.1, 0.15) is 17.4 Å². The summed E-state index contributed by atoms with van der Waals surface area (Å²) >= 11 is 1.83. The summed E-state index contributed by atoms with van der Waals surface area (Å²) in [7, 11) is 0. The van der Waals surface area contributed by atoms with E-state index < -0.39 is 0 Å². The third-order valence-corrected chi connectivity index (χ3v) is 5.13. The van der Waals surface area contributed by atoms with Crippen LogP contribution in [0.25, 0.3) is 0 Å². The van der Waals surface area contributed by atoms with Gasteiger partial charge in [-0.25, -0.2) is 0 Å². The molecule has 1 aromatic carbocycles. The van der Waals surface area contributed by atoms with Crippen LogP contribution in [-0.2, 0) is 13.0 Å². The molecule has 0 fully saturated rings. The molecule has 0 saturated carbocycles. The largest absolute Gasteiger partial charge is 0.487 e. The number of rotatable bonds is 7. The van der Waals surface area contributed by atoms with Gasteiger partial charge in [0.25, 0.3) is 0 Å². The third-order valence-electron chi connectivity index (χ3n) is 4.11. The second-order valence-corrected chi connectivity index (χ2v) is 6.67. The number of nitro benzene ring substituents is 1. The van der Waals surface area contributed by atoms with Gasteiger partial charge in [0, 0.05) is 31.1 Å². The molecule has 0 spiro atoms. The fraction of sp³-hybridized carbons (Fsp3) is 0.412. The second kappa shape index (κ2) is 7.63. The SMILES string of the molecule is CCOc1cccc(NCCN2CCc3sccc3C2)c1[N+](=O)[O-]. The van der Waals surface area contributed by atoms with Gasteiger partial charge in [-0.2, -0.15) is 0 Å². The molecule has 2 heterocycles. The van der Waals surface area contributed by atoms with Crippen LogP contribution in [0.3, 0.4) is 0 Å². The van der Waals surface area contributed by atoms with Crippen molar-refractivity contribution < 1.29 is 9.66 Å². The summed E-state index contributed by atoms with van der Waals surface area (Å²) in [6.45, 7) is 5.74. The number of hydrogen-bond acceptors (Lipinski definition) is 6. The first-order valence-electron chi connectivity index (χ1n) is 8.10. The van der Waals surface area contributed by atoms with Crippen molar-refractivity contribution in [1.82, 2.24) is 4.90 Å². The maximum atomic E-state index is 11.4. The lowest BCUT2D eigenvalue weighted by Crippen LogP contribution is -2.33. The van der Waals surface area contributed by atoms with E-state index in [1.165, 1.54) is 10.4 Å². The van der Waals surface area contributed by atoms with Gasteiger partial charge in [-0.1, -0.05) is 6.07 Å². The van der Waals surface area contributed by atoms with Crippen molar-refractivity contribution >= 4 is 22.7 Å². The summed E-state index contributed by atoms with van der Waals surface area (Å²) in [5.74, 6) is 0.313. The maximum absolute atomic E-state index is 11.4. The van der Waals surface area contributed by atoms with Crippen LogP contribution in [0.15, 0.2) is 29.6 Å². The van der Waals surface area contributed by atoms with Crippen LogP contribution in [-0.4, -0.2) is 36.1 Å². The van der Waals surface area contributed by atoms with Crippen molar-refractivity contribution in [3.05, 3.63) is 50.2 Å². The fourth-order valence-corrected chi connectivity index (χ4v) is 3.86. The van der Waals surface area contributed by atoms with E-state index in [4.69, 9.17) is 4.74 Å². The Balaban J connectivity index is 1.61. The zero-order valence-corrected chi connectivity index (χ0v) is 14.5. The summed E-state index contributed by atoms with van der Waals surface area (Å²) < 4.78 is 5.37. The normalized spacial score (nSPS) is 14.2. The Morgan fingerprint density at radius 1 is 1.42 bits per heavy atom. The lowest BCUT2D eigenvalue weighted by molar-refractivity contribution is -0.384. The highest BCUT2D eigenvalue weighted by atomic mass is 32.1. The van der Waals surface area contributed by atoms with Gasteiger partial charge >= 0.3 is 5.69 Å². The van der Waals surface area contributed by atoms with E-state index in [9.17, 15) is 10.1 Å². The van der Waals surface area contributed by atoms with Gasteiger partial charge in [0.2, 0.25) is 0 Å². The highest BCUT2D eigenvalue weighted by molar-refractivity contribution is 7.10. The molecule has 1 aromatic heterocycles. The first-order chi connectivity index (χ1) is 11.7. The number of benzene rings is 1. The quantitative estimate of drug-likeness (QED) is 0.613. The average molecular weight is 347 g/mol. The van der Waals surface area contributed by atoms with Crippen LogP contribution in [0, 0.1) is 10.1 Å². The van der Waals surface area contributed by atoms with Gasteiger partial charge in [-0.05, 0) is 42.5 Å². The Morgan fingerprint density at radius 3 is 3.08 bits per heavy atom. The van der Waals surface area contributed by atoms with Crippen LogP contribution >= 0.6 is 11.3 Å². The van der Waals surface area contributed by atoms with E-state index in [-0.39, 0.29) is 10.6 Å². The molecule has 1 aliphatic heterocycles.